The Kier molecular flexibility index (Phi) is 4.23. The lowest BCUT2D eigenvalue weighted by Crippen LogP contribution is -2.17. The van der Waals surface area contributed by atoms with Crippen LogP contribution in [-0.2, 0) is 10.8 Å². The van der Waals surface area contributed by atoms with Crippen LogP contribution in [0.15, 0.2) is 42.5 Å². The molecule has 0 atom stereocenters. The molecular weight excluding hydrogens is 272 g/mol. The molecule has 2 aromatic carbocycles. The molecule has 0 fully saturated rings. The summed E-state index contributed by atoms with van der Waals surface area (Å²) in [6, 6.07) is 13.6. The molecule has 2 rings (SSSR count). The van der Waals surface area contributed by atoms with Crippen molar-refractivity contribution < 1.29 is 9.84 Å². The van der Waals surface area contributed by atoms with Gasteiger partial charge < -0.3 is 9.84 Å². The monoisotopic (exact) mass is 298 g/mol. The molecular formula is C20H26O2. The smallest absolute Gasteiger partial charge is 0.128 e. The van der Waals surface area contributed by atoms with Crippen molar-refractivity contribution in [3.05, 3.63) is 53.6 Å². The zero-order chi connectivity index (χ0) is 16.5. The molecule has 0 aliphatic heterocycles. The zero-order valence-corrected chi connectivity index (χ0v) is 14.4. The number of hydrogen-bond donors (Lipinski definition) is 1. The van der Waals surface area contributed by atoms with Gasteiger partial charge in [-0.2, -0.15) is 0 Å². The van der Waals surface area contributed by atoms with Crippen molar-refractivity contribution in [2.24, 2.45) is 0 Å². The molecule has 0 amide bonds. The Hall–Kier alpha value is -1.96. The summed E-state index contributed by atoms with van der Waals surface area (Å²) < 4.78 is 5.99. The van der Waals surface area contributed by atoms with Gasteiger partial charge in [0.2, 0.25) is 0 Å². The summed E-state index contributed by atoms with van der Waals surface area (Å²) in [7, 11) is 0. The van der Waals surface area contributed by atoms with Crippen molar-refractivity contribution in [2.45, 2.75) is 52.4 Å². The highest BCUT2D eigenvalue weighted by Crippen LogP contribution is 2.42. The standard InChI is InChI=1S/C20H26O2/c1-19(2,3)16-12-15(22-14-10-8-7-9-11-14)13-17(18(16)21)20(4,5)6/h7-13,21H,1-6H3. The number of benzene rings is 2. The molecule has 2 nitrogen and oxygen atoms in total. The van der Waals surface area contributed by atoms with E-state index in [-0.39, 0.29) is 10.8 Å². The van der Waals surface area contributed by atoms with Crippen LogP contribution >= 0.6 is 0 Å². The maximum atomic E-state index is 10.7. The van der Waals surface area contributed by atoms with E-state index in [1.165, 1.54) is 0 Å². The number of hydrogen-bond acceptors (Lipinski definition) is 2. The van der Waals surface area contributed by atoms with Gasteiger partial charge in [0.15, 0.2) is 0 Å². The van der Waals surface area contributed by atoms with Crippen LogP contribution in [0.4, 0.5) is 0 Å². The summed E-state index contributed by atoms with van der Waals surface area (Å²) in [6.07, 6.45) is 0. The van der Waals surface area contributed by atoms with Crippen LogP contribution in [0.1, 0.15) is 52.7 Å². The molecule has 0 aliphatic carbocycles. The third-order valence-electron chi connectivity index (χ3n) is 3.68. The van der Waals surface area contributed by atoms with Gasteiger partial charge in [0.25, 0.3) is 0 Å². The Morgan fingerprint density at radius 1 is 0.727 bits per heavy atom. The average Bonchev–Trinajstić information content (AvgIpc) is 2.39. The second-order valence-corrected chi connectivity index (χ2v) is 7.78. The lowest BCUT2D eigenvalue weighted by molar-refractivity contribution is 0.415. The van der Waals surface area contributed by atoms with Crippen LogP contribution in [0.5, 0.6) is 17.2 Å². The van der Waals surface area contributed by atoms with Crippen molar-refractivity contribution in [1.29, 1.82) is 0 Å². The van der Waals surface area contributed by atoms with Crippen LogP contribution < -0.4 is 4.74 Å². The van der Waals surface area contributed by atoms with Gasteiger partial charge in [0.1, 0.15) is 17.2 Å². The Labute approximate surface area is 133 Å². The molecule has 2 aromatic rings. The number of ether oxygens (including phenoxy) is 1. The summed E-state index contributed by atoms with van der Waals surface area (Å²) in [5.41, 5.74) is 1.51. The van der Waals surface area contributed by atoms with Crippen molar-refractivity contribution in [3.8, 4) is 17.2 Å². The molecule has 0 saturated heterocycles. The molecule has 0 aromatic heterocycles. The molecule has 22 heavy (non-hydrogen) atoms. The first-order valence-corrected chi connectivity index (χ1v) is 7.70. The highest BCUT2D eigenvalue weighted by molar-refractivity contribution is 5.52. The average molecular weight is 298 g/mol. The normalized spacial score (nSPS) is 12.3. The fraction of sp³-hybridized carbons (Fsp3) is 0.400. The second-order valence-electron chi connectivity index (χ2n) is 7.78. The van der Waals surface area contributed by atoms with Gasteiger partial charge in [-0.25, -0.2) is 0 Å². The van der Waals surface area contributed by atoms with E-state index in [9.17, 15) is 5.11 Å². The maximum absolute atomic E-state index is 10.7. The molecule has 0 radical (unpaired) electrons. The van der Waals surface area contributed by atoms with E-state index in [4.69, 9.17) is 4.74 Å². The maximum Gasteiger partial charge on any atom is 0.128 e. The minimum atomic E-state index is -0.153. The molecule has 0 saturated carbocycles. The molecule has 0 aliphatic rings. The Bertz CT molecular complexity index is 609. The van der Waals surface area contributed by atoms with Gasteiger partial charge in [-0.15, -0.1) is 0 Å². The van der Waals surface area contributed by atoms with E-state index < -0.39 is 0 Å². The highest BCUT2D eigenvalue weighted by atomic mass is 16.5. The topological polar surface area (TPSA) is 29.5 Å². The third kappa shape index (κ3) is 3.62. The SMILES string of the molecule is CC(C)(C)c1cc(Oc2ccccc2)cc(C(C)(C)C)c1O. The number of aromatic hydroxyl groups is 1. The van der Waals surface area contributed by atoms with E-state index in [0.29, 0.717) is 5.75 Å². The molecule has 1 N–H and O–H groups in total. The predicted molar refractivity (Wildman–Crippen MR) is 92.0 cm³/mol. The summed E-state index contributed by atoms with van der Waals surface area (Å²) >= 11 is 0. The quantitative estimate of drug-likeness (QED) is 0.761. The lowest BCUT2D eigenvalue weighted by atomic mass is 9.79. The largest absolute Gasteiger partial charge is 0.507 e. The third-order valence-corrected chi connectivity index (χ3v) is 3.68. The minimum Gasteiger partial charge on any atom is -0.507 e. The molecule has 2 heteroatoms. The Morgan fingerprint density at radius 2 is 1.18 bits per heavy atom. The highest BCUT2D eigenvalue weighted by Gasteiger charge is 2.27. The van der Waals surface area contributed by atoms with Gasteiger partial charge in [-0.1, -0.05) is 59.7 Å². The van der Waals surface area contributed by atoms with Crippen molar-refractivity contribution in [2.75, 3.05) is 0 Å². The molecule has 118 valence electrons. The van der Waals surface area contributed by atoms with E-state index in [2.05, 4.69) is 41.5 Å². The summed E-state index contributed by atoms with van der Waals surface area (Å²) in [5, 5.41) is 10.7. The first-order chi connectivity index (χ1) is 10.1. The van der Waals surface area contributed by atoms with E-state index >= 15 is 0 Å². The van der Waals surface area contributed by atoms with E-state index in [0.717, 1.165) is 22.6 Å². The van der Waals surface area contributed by atoms with Crippen LogP contribution in [0.3, 0.4) is 0 Å². The van der Waals surface area contributed by atoms with Gasteiger partial charge in [-0.3, -0.25) is 0 Å². The molecule has 0 bridgehead atoms. The first-order valence-electron chi connectivity index (χ1n) is 7.70. The van der Waals surface area contributed by atoms with Crippen molar-refractivity contribution in [1.82, 2.24) is 0 Å². The molecule has 0 unspecified atom stereocenters. The first kappa shape index (κ1) is 16.4. The number of phenols is 1. The number of phenolic OH excluding ortho intramolecular Hbond substituents is 1. The summed E-state index contributed by atoms with van der Waals surface area (Å²) in [5.74, 6) is 1.94. The van der Waals surface area contributed by atoms with Crippen LogP contribution in [0.2, 0.25) is 0 Å². The number of para-hydroxylation sites is 1. The summed E-state index contributed by atoms with van der Waals surface area (Å²) in [4.78, 5) is 0. The van der Waals surface area contributed by atoms with Crippen LogP contribution in [0.25, 0.3) is 0 Å². The fourth-order valence-corrected chi connectivity index (χ4v) is 2.43. The fourth-order valence-electron chi connectivity index (χ4n) is 2.43. The minimum absolute atomic E-state index is 0.153. The van der Waals surface area contributed by atoms with Crippen LogP contribution in [0, 0.1) is 0 Å². The molecule has 0 spiro atoms. The lowest BCUT2D eigenvalue weighted by Gasteiger charge is -2.28. The van der Waals surface area contributed by atoms with Gasteiger partial charge in [-0.05, 0) is 35.1 Å². The van der Waals surface area contributed by atoms with Gasteiger partial charge in [0, 0.05) is 11.1 Å². The van der Waals surface area contributed by atoms with E-state index in [1.807, 2.05) is 42.5 Å². The Balaban J connectivity index is 2.56. The summed E-state index contributed by atoms with van der Waals surface area (Å²) in [6.45, 7) is 12.6. The zero-order valence-electron chi connectivity index (χ0n) is 14.4. The van der Waals surface area contributed by atoms with E-state index in [1.54, 1.807) is 0 Å². The predicted octanol–water partition coefficient (Wildman–Crippen LogP) is 5.78. The van der Waals surface area contributed by atoms with Crippen molar-refractivity contribution >= 4 is 0 Å². The van der Waals surface area contributed by atoms with Crippen LogP contribution in [-0.4, -0.2) is 5.11 Å². The van der Waals surface area contributed by atoms with Gasteiger partial charge >= 0.3 is 0 Å². The molecule has 0 heterocycles. The second kappa shape index (κ2) is 5.68. The number of rotatable bonds is 2. The Morgan fingerprint density at radius 3 is 1.59 bits per heavy atom. The van der Waals surface area contributed by atoms with Crippen molar-refractivity contribution in [3.63, 3.8) is 0 Å². The van der Waals surface area contributed by atoms with Gasteiger partial charge in [0.05, 0.1) is 0 Å².